The number of nitrogens with one attached hydrogen (secondary N) is 2. The largest absolute Gasteiger partial charge is 0.395 e. The summed E-state index contributed by atoms with van der Waals surface area (Å²) in [5.41, 5.74) is 9.06. The van der Waals surface area contributed by atoms with E-state index in [4.69, 9.17) is 10.3 Å². The zero-order valence-corrected chi connectivity index (χ0v) is 21.5. The summed E-state index contributed by atoms with van der Waals surface area (Å²) in [7, 11) is -3.66. The van der Waals surface area contributed by atoms with Crippen molar-refractivity contribution in [1.29, 1.82) is 0 Å². The second-order valence-corrected chi connectivity index (χ2v) is 10.8. The molecule has 12 heteroatoms. The summed E-state index contributed by atoms with van der Waals surface area (Å²) in [6.45, 7) is 1.12. The number of nitrogens with two attached hydrogens (primary N) is 1. The van der Waals surface area contributed by atoms with Crippen LogP contribution in [0.1, 0.15) is 30.4 Å². The summed E-state index contributed by atoms with van der Waals surface area (Å²) in [4.78, 5) is 8.93. The third-order valence-electron chi connectivity index (χ3n) is 6.28. The minimum Gasteiger partial charge on any atom is -0.395 e. The molecule has 0 unspecified atom stereocenters. The van der Waals surface area contributed by atoms with Crippen LogP contribution in [0.25, 0.3) is 23.1 Å². The monoisotopic (exact) mass is 535 g/mol. The van der Waals surface area contributed by atoms with Crippen molar-refractivity contribution >= 4 is 56.3 Å². The van der Waals surface area contributed by atoms with E-state index in [9.17, 15) is 13.5 Å². The molecule has 1 fully saturated rings. The zero-order valence-electron chi connectivity index (χ0n) is 20.7. The summed E-state index contributed by atoms with van der Waals surface area (Å²) in [5, 5.41) is 20.0. The molecule has 0 radical (unpaired) electrons. The lowest BCUT2D eigenvalue weighted by Crippen LogP contribution is -2.36. The summed E-state index contributed by atoms with van der Waals surface area (Å²) < 4.78 is 33.4. The number of para-hydroxylation sites is 1. The van der Waals surface area contributed by atoms with Gasteiger partial charge in [-0.25, -0.2) is 18.4 Å². The van der Waals surface area contributed by atoms with E-state index < -0.39 is 10.0 Å². The fourth-order valence-electron chi connectivity index (χ4n) is 4.34. The van der Waals surface area contributed by atoms with Gasteiger partial charge in [-0.1, -0.05) is 35.9 Å². The van der Waals surface area contributed by atoms with E-state index in [2.05, 4.69) is 25.8 Å². The third-order valence-corrected chi connectivity index (χ3v) is 8.24. The van der Waals surface area contributed by atoms with Crippen LogP contribution in [0.2, 0.25) is 0 Å². The van der Waals surface area contributed by atoms with E-state index in [1.54, 1.807) is 30.6 Å². The maximum absolute atomic E-state index is 13.3. The van der Waals surface area contributed by atoms with E-state index in [0.717, 1.165) is 35.8 Å². The van der Waals surface area contributed by atoms with Crippen molar-refractivity contribution in [1.82, 2.24) is 19.4 Å². The van der Waals surface area contributed by atoms with Crippen LogP contribution in [0.3, 0.4) is 0 Å². The number of nitrogens with zero attached hydrogens (tertiary/aromatic N) is 4. The van der Waals surface area contributed by atoms with Crippen molar-refractivity contribution in [3.63, 3.8) is 0 Å². The number of piperidine rings is 1. The summed E-state index contributed by atoms with van der Waals surface area (Å²) in [6, 6.07) is 10.6. The van der Waals surface area contributed by atoms with Crippen molar-refractivity contribution in [2.45, 2.75) is 24.2 Å². The molecule has 1 aliphatic heterocycles. The maximum atomic E-state index is 13.3. The number of nitrogen functional groups attached to an aromatic ring is 1. The van der Waals surface area contributed by atoms with E-state index >= 15 is 0 Å². The van der Waals surface area contributed by atoms with Crippen molar-refractivity contribution < 1.29 is 18.0 Å². The van der Waals surface area contributed by atoms with Crippen LogP contribution >= 0.6 is 0 Å². The standard InChI is InChI=1S/C26H29N7O4S/c27-25-21-6-4-5-19(24(21)37-32-25)8-7-18-16-29-26(30-17-18)31-20-9-10-23(22(15-20)28-11-14-34)38(35,36)33-12-2-1-3-13-33/h4-10,15-17,28,34H,1-3,11-14H2,(H2,27,32)(H,29,30,31)/b8-7+. The number of fused-ring (bicyclic) bond motifs is 1. The minimum atomic E-state index is -3.66. The average Bonchev–Trinajstić information content (AvgIpc) is 3.33. The Morgan fingerprint density at radius 1 is 1.08 bits per heavy atom. The lowest BCUT2D eigenvalue weighted by Gasteiger charge is -2.27. The van der Waals surface area contributed by atoms with Gasteiger partial charge in [0.2, 0.25) is 16.0 Å². The van der Waals surface area contributed by atoms with Crippen LogP contribution in [0.15, 0.2) is 58.2 Å². The first kappa shape index (κ1) is 25.6. The van der Waals surface area contributed by atoms with Crippen LogP contribution in [0, 0.1) is 0 Å². The molecule has 2 aromatic carbocycles. The van der Waals surface area contributed by atoms with Gasteiger partial charge in [-0.3, -0.25) is 0 Å². The van der Waals surface area contributed by atoms with Gasteiger partial charge in [0.05, 0.1) is 17.7 Å². The second-order valence-electron chi connectivity index (χ2n) is 8.92. The summed E-state index contributed by atoms with van der Waals surface area (Å²) >= 11 is 0. The topological polar surface area (TPSA) is 160 Å². The lowest BCUT2D eigenvalue weighted by atomic mass is 10.1. The first-order valence-corrected chi connectivity index (χ1v) is 13.8. The number of hydrogen-bond donors (Lipinski definition) is 4. The van der Waals surface area contributed by atoms with Gasteiger partial charge >= 0.3 is 0 Å². The molecule has 0 saturated carbocycles. The number of hydrogen-bond acceptors (Lipinski definition) is 10. The predicted octanol–water partition coefficient (Wildman–Crippen LogP) is 3.69. The number of aliphatic hydroxyl groups is 1. The Labute approximate surface area is 220 Å². The first-order chi connectivity index (χ1) is 18.5. The molecular formula is C26H29N7O4S. The highest BCUT2D eigenvalue weighted by Gasteiger charge is 2.28. The molecule has 0 bridgehead atoms. The van der Waals surface area contributed by atoms with E-state index in [0.29, 0.717) is 41.8 Å². The van der Waals surface area contributed by atoms with Gasteiger partial charge in [-0.05, 0) is 37.1 Å². The molecule has 5 N–H and O–H groups in total. The summed E-state index contributed by atoms with van der Waals surface area (Å²) in [5.74, 6) is 0.702. The number of rotatable bonds is 9. The van der Waals surface area contributed by atoms with Crippen molar-refractivity contribution in [2.24, 2.45) is 0 Å². The molecule has 4 aromatic rings. The molecule has 0 aliphatic carbocycles. The van der Waals surface area contributed by atoms with E-state index in [1.807, 2.05) is 30.4 Å². The Hall–Kier alpha value is -4.00. The molecule has 198 valence electrons. The van der Waals surface area contributed by atoms with Crippen LogP contribution in [0.4, 0.5) is 23.1 Å². The quantitative estimate of drug-likeness (QED) is 0.249. The maximum Gasteiger partial charge on any atom is 0.245 e. The number of aliphatic hydroxyl groups excluding tert-OH is 1. The van der Waals surface area contributed by atoms with Crippen molar-refractivity contribution in [2.75, 3.05) is 42.6 Å². The van der Waals surface area contributed by atoms with Crippen LogP contribution < -0.4 is 16.4 Å². The van der Waals surface area contributed by atoms with E-state index in [-0.39, 0.29) is 18.0 Å². The molecule has 0 spiro atoms. The number of anilines is 4. The molecule has 2 aromatic heterocycles. The predicted molar refractivity (Wildman–Crippen MR) is 147 cm³/mol. The van der Waals surface area contributed by atoms with Crippen molar-refractivity contribution in [3.05, 3.63) is 59.9 Å². The normalized spacial score (nSPS) is 14.8. The smallest absolute Gasteiger partial charge is 0.245 e. The Kier molecular flexibility index (Phi) is 7.54. The minimum absolute atomic E-state index is 0.128. The highest BCUT2D eigenvalue weighted by atomic mass is 32.2. The van der Waals surface area contributed by atoms with Crippen molar-refractivity contribution in [3.8, 4) is 0 Å². The van der Waals surface area contributed by atoms with Gasteiger partial charge in [-0.2, -0.15) is 4.31 Å². The number of aromatic nitrogens is 3. The van der Waals surface area contributed by atoms with Gasteiger partial charge in [0, 0.05) is 48.8 Å². The molecule has 11 nitrogen and oxygen atoms in total. The molecule has 3 heterocycles. The van der Waals surface area contributed by atoms with Crippen LogP contribution in [-0.4, -0.2) is 59.2 Å². The second kappa shape index (κ2) is 11.2. The Balaban J connectivity index is 1.33. The fraction of sp³-hybridized carbons (Fsp3) is 0.269. The highest BCUT2D eigenvalue weighted by Crippen LogP contribution is 2.30. The van der Waals surface area contributed by atoms with E-state index in [1.165, 1.54) is 4.31 Å². The molecule has 38 heavy (non-hydrogen) atoms. The zero-order chi connectivity index (χ0) is 26.5. The first-order valence-electron chi connectivity index (χ1n) is 12.4. The number of sulfonamides is 1. The third kappa shape index (κ3) is 5.47. The molecule has 1 saturated heterocycles. The Morgan fingerprint density at radius 3 is 2.63 bits per heavy atom. The Bertz CT molecular complexity index is 1550. The SMILES string of the molecule is Nc1noc2c(/C=C/c3cnc(Nc4ccc(S(=O)(=O)N5CCCCC5)c(NCCO)c4)nc3)cccc12. The van der Waals surface area contributed by atoms with Crippen LogP contribution in [-0.2, 0) is 10.0 Å². The summed E-state index contributed by atoms with van der Waals surface area (Å²) in [6.07, 6.45) is 9.80. The molecule has 0 atom stereocenters. The lowest BCUT2D eigenvalue weighted by molar-refractivity contribution is 0.311. The fourth-order valence-corrected chi connectivity index (χ4v) is 6.01. The van der Waals surface area contributed by atoms with Gasteiger partial charge in [0.1, 0.15) is 4.90 Å². The Morgan fingerprint density at radius 2 is 1.87 bits per heavy atom. The molecule has 1 aliphatic rings. The highest BCUT2D eigenvalue weighted by molar-refractivity contribution is 7.89. The van der Waals surface area contributed by atoms with Gasteiger partial charge < -0.3 is 26.0 Å². The van der Waals surface area contributed by atoms with Gasteiger partial charge in [-0.15, -0.1) is 0 Å². The molecular weight excluding hydrogens is 506 g/mol. The van der Waals surface area contributed by atoms with Gasteiger partial charge in [0.15, 0.2) is 11.4 Å². The number of benzene rings is 2. The molecule has 5 rings (SSSR count). The van der Waals surface area contributed by atoms with Crippen LogP contribution in [0.5, 0.6) is 0 Å². The van der Waals surface area contributed by atoms with Gasteiger partial charge in [0.25, 0.3) is 0 Å². The average molecular weight is 536 g/mol. The molecule has 0 amide bonds.